The summed E-state index contributed by atoms with van der Waals surface area (Å²) in [7, 11) is 0. The molecule has 1 saturated carbocycles. The molecule has 7 heteroatoms. The average molecular weight is 289 g/mol. The van der Waals surface area contributed by atoms with Crippen molar-refractivity contribution in [1.82, 2.24) is 10.1 Å². The molecule has 1 aromatic heterocycles. The minimum absolute atomic E-state index is 0.0984. The van der Waals surface area contributed by atoms with Crippen LogP contribution in [0.2, 0.25) is 0 Å². The molecule has 0 aliphatic heterocycles. The first-order chi connectivity index (χ1) is 9.34. The second kappa shape index (κ2) is 5.73. The third-order valence-electron chi connectivity index (χ3n) is 3.62. The van der Waals surface area contributed by atoms with Gasteiger partial charge in [-0.3, -0.25) is 0 Å². The second-order valence-electron chi connectivity index (χ2n) is 5.64. The highest BCUT2D eigenvalue weighted by Crippen LogP contribution is 2.40. The summed E-state index contributed by atoms with van der Waals surface area (Å²) in [6.07, 6.45) is 0.463. The molecule has 1 aliphatic rings. The van der Waals surface area contributed by atoms with Crippen LogP contribution in [0.3, 0.4) is 0 Å². The fraction of sp³-hybridized carbons (Fsp3) is 0.846. The van der Waals surface area contributed by atoms with Crippen molar-refractivity contribution >= 4 is 0 Å². The summed E-state index contributed by atoms with van der Waals surface area (Å²) in [6, 6.07) is 0. The van der Waals surface area contributed by atoms with Crippen LogP contribution in [0, 0.1) is 0 Å². The number of nitrogens with two attached hydrogens (primary N) is 1. The Bertz CT molecular complexity index is 439. The molecule has 2 rings (SSSR count). The lowest BCUT2D eigenvalue weighted by Gasteiger charge is -2.25. The topological polar surface area (TPSA) is 74.2 Å². The summed E-state index contributed by atoms with van der Waals surface area (Å²) in [5.74, 6) is -1.89. The van der Waals surface area contributed by atoms with E-state index >= 15 is 0 Å². The largest absolute Gasteiger partial charge is 0.379 e. The lowest BCUT2D eigenvalue weighted by Crippen LogP contribution is -2.39. The molecule has 2 N–H and O–H groups in total. The van der Waals surface area contributed by atoms with E-state index in [1.165, 1.54) is 0 Å². The van der Waals surface area contributed by atoms with Crippen LogP contribution in [0.15, 0.2) is 4.52 Å². The summed E-state index contributed by atoms with van der Waals surface area (Å²) in [6.45, 7) is 4.46. The Morgan fingerprint density at radius 2 is 2.10 bits per heavy atom. The second-order valence-corrected chi connectivity index (χ2v) is 5.64. The fourth-order valence-electron chi connectivity index (χ4n) is 2.30. The van der Waals surface area contributed by atoms with E-state index in [4.69, 9.17) is 15.0 Å². The zero-order chi connectivity index (χ0) is 14.8. The highest BCUT2D eigenvalue weighted by atomic mass is 19.3. The number of ether oxygens (including phenoxy) is 1. The third kappa shape index (κ3) is 3.52. The highest BCUT2D eigenvalue weighted by Gasteiger charge is 2.38. The molecule has 20 heavy (non-hydrogen) atoms. The predicted octanol–water partition coefficient (Wildman–Crippen LogP) is 2.57. The van der Waals surface area contributed by atoms with Gasteiger partial charge in [-0.15, -0.1) is 0 Å². The number of nitrogens with zero attached hydrogens (tertiary/aromatic N) is 2. The molecule has 1 unspecified atom stereocenters. The van der Waals surface area contributed by atoms with Gasteiger partial charge in [-0.1, -0.05) is 5.16 Å². The van der Waals surface area contributed by atoms with Crippen molar-refractivity contribution in [3.63, 3.8) is 0 Å². The molecule has 114 valence electrons. The molecule has 0 bridgehead atoms. The normalized spacial score (nSPS) is 22.6. The number of alkyl halides is 2. The SMILES string of the molecule is CCOCC(C)(N)c1noc(C2CCC(F)(F)CC2)n1. The number of hydrogen-bond acceptors (Lipinski definition) is 5. The number of halogens is 2. The molecule has 0 saturated heterocycles. The van der Waals surface area contributed by atoms with Gasteiger partial charge < -0.3 is 15.0 Å². The molecule has 1 aliphatic carbocycles. The Labute approximate surface area is 116 Å². The summed E-state index contributed by atoms with van der Waals surface area (Å²) in [4.78, 5) is 4.28. The lowest BCUT2D eigenvalue weighted by atomic mass is 9.87. The van der Waals surface area contributed by atoms with Crippen molar-refractivity contribution in [2.45, 2.75) is 56.9 Å². The maximum absolute atomic E-state index is 13.1. The summed E-state index contributed by atoms with van der Waals surface area (Å²) < 4.78 is 36.7. The van der Waals surface area contributed by atoms with Gasteiger partial charge in [0, 0.05) is 25.4 Å². The van der Waals surface area contributed by atoms with E-state index in [0.29, 0.717) is 31.2 Å². The minimum Gasteiger partial charge on any atom is -0.379 e. The summed E-state index contributed by atoms with van der Waals surface area (Å²) >= 11 is 0. The van der Waals surface area contributed by atoms with Gasteiger partial charge in [-0.05, 0) is 26.7 Å². The monoisotopic (exact) mass is 289 g/mol. The average Bonchev–Trinajstić information content (AvgIpc) is 2.87. The third-order valence-corrected chi connectivity index (χ3v) is 3.62. The van der Waals surface area contributed by atoms with Gasteiger partial charge in [0.1, 0.15) is 5.54 Å². The van der Waals surface area contributed by atoms with Crippen LogP contribution in [0.4, 0.5) is 8.78 Å². The molecule has 0 aromatic carbocycles. The maximum atomic E-state index is 13.1. The van der Waals surface area contributed by atoms with Gasteiger partial charge in [0.2, 0.25) is 11.8 Å². The van der Waals surface area contributed by atoms with Crippen LogP contribution in [-0.4, -0.2) is 29.3 Å². The van der Waals surface area contributed by atoms with Crippen molar-refractivity contribution < 1.29 is 18.0 Å². The molecular weight excluding hydrogens is 268 g/mol. The van der Waals surface area contributed by atoms with Gasteiger partial charge in [0.25, 0.3) is 0 Å². The lowest BCUT2D eigenvalue weighted by molar-refractivity contribution is -0.0402. The van der Waals surface area contributed by atoms with E-state index in [2.05, 4.69) is 10.1 Å². The fourth-order valence-corrected chi connectivity index (χ4v) is 2.30. The quantitative estimate of drug-likeness (QED) is 0.901. The Kier molecular flexibility index (Phi) is 4.39. The van der Waals surface area contributed by atoms with Gasteiger partial charge in [-0.2, -0.15) is 4.98 Å². The Balaban J connectivity index is 2.02. The molecule has 1 atom stereocenters. The zero-order valence-electron chi connectivity index (χ0n) is 11.9. The number of rotatable bonds is 5. The van der Waals surface area contributed by atoms with E-state index in [-0.39, 0.29) is 25.4 Å². The van der Waals surface area contributed by atoms with Crippen molar-refractivity contribution in [2.75, 3.05) is 13.2 Å². The molecular formula is C13H21F2N3O2. The molecule has 1 fully saturated rings. The molecule has 0 spiro atoms. The zero-order valence-corrected chi connectivity index (χ0v) is 11.9. The molecule has 0 radical (unpaired) electrons. The molecule has 0 amide bonds. The van der Waals surface area contributed by atoms with Crippen LogP contribution in [0.5, 0.6) is 0 Å². The van der Waals surface area contributed by atoms with E-state index < -0.39 is 11.5 Å². The van der Waals surface area contributed by atoms with Crippen molar-refractivity contribution in [3.05, 3.63) is 11.7 Å². The molecule has 1 aromatic rings. The van der Waals surface area contributed by atoms with Crippen molar-refractivity contribution in [1.29, 1.82) is 0 Å². The number of hydrogen-bond donors (Lipinski definition) is 1. The first kappa shape index (κ1) is 15.3. The Morgan fingerprint density at radius 1 is 1.45 bits per heavy atom. The first-order valence-corrected chi connectivity index (χ1v) is 6.92. The smallest absolute Gasteiger partial charge is 0.248 e. The Morgan fingerprint density at radius 3 is 2.70 bits per heavy atom. The van der Waals surface area contributed by atoms with Gasteiger partial charge in [0.05, 0.1) is 6.61 Å². The van der Waals surface area contributed by atoms with Crippen LogP contribution < -0.4 is 5.73 Å². The number of aromatic nitrogens is 2. The van der Waals surface area contributed by atoms with Gasteiger partial charge in [-0.25, -0.2) is 8.78 Å². The van der Waals surface area contributed by atoms with E-state index in [9.17, 15) is 8.78 Å². The van der Waals surface area contributed by atoms with Crippen LogP contribution in [0.1, 0.15) is 57.2 Å². The Hall–Kier alpha value is -1.08. The van der Waals surface area contributed by atoms with Gasteiger partial charge >= 0.3 is 0 Å². The summed E-state index contributed by atoms with van der Waals surface area (Å²) in [5, 5.41) is 3.87. The van der Waals surface area contributed by atoms with Crippen LogP contribution in [0.25, 0.3) is 0 Å². The van der Waals surface area contributed by atoms with Crippen molar-refractivity contribution in [2.24, 2.45) is 5.73 Å². The standard InChI is InChI=1S/C13H21F2N3O2/c1-3-19-8-12(2,16)11-17-10(20-18-11)9-4-6-13(14,15)7-5-9/h9H,3-8,16H2,1-2H3. The summed E-state index contributed by atoms with van der Waals surface area (Å²) in [5.41, 5.74) is 5.24. The van der Waals surface area contributed by atoms with Gasteiger partial charge in [0.15, 0.2) is 5.82 Å². The highest BCUT2D eigenvalue weighted by molar-refractivity contribution is 5.05. The first-order valence-electron chi connectivity index (χ1n) is 6.92. The predicted molar refractivity (Wildman–Crippen MR) is 68.5 cm³/mol. The van der Waals surface area contributed by atoms with E-state index in [1.54, 1.807) is 6.92 Å². The van der Waals surface area contributed by atoms with Crippen molar-refractivity contribution in [3.8, 4) is 0 Å². The van der Waals surface area contributed by atoms with E-state index in [0.717, 1.165) is 0 Å². The maximum Gasteiger partial charge on any atom is 0.248 e. The van der Waals surface area contributed by atoms with Crippen LogP contribution in [-0.2, 0) is 10.3 Å². The molecule has 5 nitrogen and oxygen atoms in total. The van der Waals surface area contributed by atoms with Crippen LogP contribution >= 0.6 is 0 Å². The molecule has 1 heterocycles. The van der Waals surface area contributed by atoms with E-state index in [1.807, 2.05) is 6.92 Å². The minimum atomic E-state index is -2.56.